The SMILES string of the molecule is O=S1CCC1c1cccc(C(F)(F)F)c1. The summed E-state index contributed by atoms with van der Waals surface area (Å²) in [5.41, 5.74) is -0.127. The van der Waals surface area contributed by atoms with Crippen LogP contribution in [0.15, 0.2) is 24.3 Å². The van der Waals surface area contributed by atoms with E-state index < -0.39 is 22.5 Å². The number of hydrogen-bond donors (Lipinski definition) is 0. The molecular weight excluding hydrogens is 225 g/mol. The molecule has 1 saturated heterocycles. The highest BCUT2D eigenvalue weighted by atomic mass is 32.2. The fourth-order valence-corrected chi connectivity index (χ4v) is 2.68. The molecule has 1 aliphatic rings. The van der Waals surface area contributed by atoms with E-state index in [0.717, 1.165) is 12.1 Å². The Morgan fingerprint density at radius 2 is 2.07 bits per heavy atom. The van der Waals surface area contributed by atoms with Gasteiger partial charge in [-0.15, -0.1) is 0 Å². The minimum Gasteiger partial charge on any atom is -0.259 e. The lowest BCUT2D eigenvalue weighted by Gasteiger charge is -2.25. The van der Waals surface area contributed by atoms with Gasteiger partial charge in [0.1, 0.15) is 0 Å². The maximum absolute atomic E-state index is 12.4. The molecule has 0 amide bonds. The monoisotopic (exact) mass is 234 g/mol. The summed E-state index contributed by atoms with van der Waals surface area (Å²) in [5, 5.41) is -0.202. The molecule has 15 heavy (non-hydrogen) atoms. The predicted octanol–water partition coefficient (Wildman–Crippen LogP) is 2.90. The van der Waals surface area contributed by atoms with Gasteiger partial charge in [-0.1, -0.05) is 18.2 Å². The molecule has 2 rings (SSSR count). The van der Waals surface area contributed by atoms with Crippen LogP contribution in [-0.4, -0.2) is 9.96 Å². The molecule has 0 aliphatic carbocycles. The van der Waals surface area contributed by atoms with Gasteiger partial charge in [0.2, 0.25) is 0 Å². The summed E-state index contributed by atoms with van der Waals surface area (Å²) in [7, 11) is -0.983. The van der Waals surface area contributed by atoms with Crippen LogP contribution >= 0.6 is 0 Å². The zero-order valence-corrected chi connectivity index (χ0v) is 8.57. The first kappa shape index (κ1) is 10.7. The summed E-state index contributed by atoms with van der Waals surface area (Å²) < 4.78 is 48.3. The smallest absolute Gasteiger partial charge is 0.259 e. The normalized spacial score (nSPS) is 26.1. The topological polar surface area (TPSA) is 17.1 Å². The van der Waals surface area contributed by atoms with Gasteiger partial charge >= 0.3 is 6.18 Å². The van der Waals surface area contributed by atoms with Crippen LogP contribution in [0, 0.1) is 0 Å². The number of benzene rings is 1. The van der Waals surface area contributed by atoms with Gasteiger partial charge in [-0.2, -0.15) is 13.2 Å². The van der Waals surface area contributed by atoms with Crippen molar-refractivity contribution in [2.24, 2.45) is 0 Å². The Labute approximate surface area is 87.8 Å². The van der Waals surface area contributed by atoms with Crippen LogP contribution in [0.3, 0.4) is 0 Å². The molecule has 1 fully saturated rings. The Bertz CT molecular complexity index is 400. The van der Waals surface area contributed by atoms with Crippen molar-refractivity contribution < 1.29 is 17.4 Å². The zero-order valence-electron chi connectivity index (χ0n) is 7.75. The van der Waals surface area contributed by atoms with Gasteiger partial charge in [0.25, 0.3) is 0 Å². The Kier molecular flexibility index (Phi) is 2.58. The molecule has 1 heterocycles. The minimum absolute atomic E-state index is 0.202. The van der Waals surface area contributed by atoms with E-state index in [2.05, 4.69) is 0 Å². The fourth-order valence-electron chi connectivity index (χ4n) is 1.57. The Morgan fingerprint density at radius 1 is 1.33 bits per heavy atom. The maximum Gasteiger partial charge on any atom is 0.416 e. The van der Waals surface area contributed by atoms with E-state index >= 15 is 0 Å². The first-order valence-corrected chi connectivity index (χ1v) is 5.91. The van der Waals surface area contributed by atoms with Gasteiger partial charge < -0.3 is 0 Å². The van der Waals surface area contributed by atoms with Crippen LogP contribution in [0.25, 0.3) is 0 Å². The first-order chi connectivity index (χ1) is 6.98. The van der Waals surface area contributed by atoms with Gasteiger partial charge in [0.05, 0.1) is 10.8 Å². The van der Waals surface area contributed by atoms with E-state index in [1.54, 1.807) is 6.07 Å². The molecule has 0 aromatic heterocycles. The molecule has 2 atom stereocenters. The van der Waals surface area contributed by atoms with E-state index in [-0.39, 0.29) is 5.25 Å². The number of halogens is 3. The van der Waals surface area contributed by atoms with Crippen molar-refractivity contribution in [3.8, 4) is 0 Å². The standard InChI is InChI=1S/C10H9F3OS/c11-10(12,13)8-3-1-2-7(6-8)9-4-5-15(9)14/h1-3,6,9H,4-5H2. The average molecular weight is 234 g/mol. The molecule has 0 saturated carbocycles. The van der Waals surface area contributed by atoms with Gasteiger partial charge in [-0.3, -0.25) is 4.21 Å². The molecular formula is C10H9F3OS. The van der Waals surface area contributed by atoms with E-state index in [0.29, 0.717) is 17.7 Å². The molecule has 2 unspecified atom stereocenters. The van der Waals surface area contributed by atoms with Crippen molar-refractivity contribution in [2.75, 3.05) is 5.75 Å². The molecule has 0 radical (unpaired) electrons. The van der Waals surface area contributed by atoms with Crippen LogP contribution < -0.4 is 0 Å². The Hall–Kier alpha value is -0.840. The van der Waals surface area contributed by atoms with Crippen LogP contribution in [0.1, 0.15) is 22.8 Å². The number of rotatable bonds is 1. The Balaban J connectivity index is 2.31. The first-order valence-electron chi connectivity index (χ1n) is 4.53. The maximum atomic E-state index is 12.4. The number of hydrogen-bond acceptors (Lipinski definition) is 1. The quantitative estimate of drug-likeness (QED) is 0.730. The summed E-state index contributed by atoms with van der Waals surface area (Å²) in [4.78, 5) is 0. The second-order valence-corrected chi connectivity index (χ2v) is 5.22. The number of alkyl halides is 3. The third-order valence-electron chi connectivity index (χ3n) is 2.48. The summed E-state index contributed by atoms with van der Waals surface area (Å²) in [6.45, 7) is 0. The molecule has 1 aliphatic heterocycles. The lowest BCUT2D eigenvalue weighted by molar-refractivity contribution is -0.137. The molecule has 1 nitrogen and oxygen atoms in total. The van der Waals surface area contributed by atoms with Crippen molar-refractivity contribution in [1.29, 1.82) is 0 Å². The van der Waals surface area contributed by atoms with Gasteiger partial charge in [0, 0.05) is 16.6 Å². The van der Waals surface area contributed by atoms with E-state index in [1.165, 1.54) is 6.07 Å². The predicted molar refractivity (Wildman–Crippen MR) is 51.8 cm³/mol. The van der Waals surface area contributed by atoms with Gasteiger partial charge in [-0.05, 0) is 18.1 Å². The molecule has 0 N–H and O–H groups in total. The second kappa shape index (κ2) is 3.63. The van der Waals surface area contributed by atoms with Crippen molar-refractivity contribution in [2.45, 2.75) is 17.8 Å². The minimum atomic E-state index is -4.32. The highest BCUT2D eigenvalue weighted by Gasteiger charge is 2.33. The van der Waals surface area contributed by atoms with Crippen molar-refractivity contribution in [1.82, 2.24) is 0 Å². The fraction of sp³-hybridized carbons (Fsp3) is 0.400. The van der Waals surface area contributed by atoms with Crippen LogP contribution in [0.4, 0.5) is 13.2 Å². The summed E-state index contributed by atoms with van der Waals surface area (Å²) in [5.74, 6) is 0.598. The van der Waals surface area contributed by atoms with Crippen molar-refractivity contribution in [3.63, 3.8) is 0 Å². The summed E-state index contributed by atoms with van der Waals surface area (Å²) in [6, 6.07) is 5.11. The Morgan fingerprint density at radius 3 is 2.53 bits per heavy atom. The van der Waals surface area contributed by atoms with Crippen molar-refractivity contribution in [3.05, 3.63) is 35.4 Å². The summed E-state index contributed by atoms with van der Waals surface area (Å²) in [6.07, 6.45) is -3.60. The largest absolute Gasteiger partial charge is 0.416 e. The van der Waals surface area contributed by atoms with E-state index in [1.807, 2.05) is 0 Å². The van der Waals surface area contributed by atoms with E-state index in [4.69, 9.17) is 0 Å². The lowest BCUT2D eigenvalue weighted by atomic mass is 10.1. The zero-order chi connectivity index (χ0) is 11.1. The molecule has 82 valence electrons. The molecule has 0 spiro atoms. The second-order valence-electron chi connectivity index (χ2n) is 3.49. The van der Waals surface area contributed by atoms with Gasteiger partial charge in [-0.25, -0.2) is 0 Å². The third kappa shape index (κ3) is 2.07. The van der Waals surface area contributed by atoms with E-state index in [9.17, 15) is 17.4 Å². The molecule has 1 aromatic carbocycles. The molecule has 5 heteroatoms. The van der Waals surface area contributed by atoms with Crippen LogP contribution in [0.5, 0.6) is 0 Å². The summed E-state index contributed by atoms with van der Waals surface area (Å²) >= 11 is 0. The average Bonchev–Trinajstić information content (AvgIpc) is 2.15. The molecule has 0 bridgehead atoms. The highest BCUT2D eigenvalue weighted by Crippen LogP contribution is 2.36. The highest BCUT2D eigenvalue weighted by molar-refractivity contribution is 7.86. The third-order valence-corrected chi connectivity index (χ3v) is 4.26. The van der Waals surface area contributed by atoms with Crippen molar-refractivity contribution >= 4 is 10.8 Å². The van der Waals surface area contributed by atoms with Crippen LogP contribution in [0.2, 0.25) is 0 Å². The lowest BCUT2D eigenvalue weighted by Crippen LogP contribution is -2.22. The molecule has 1 aromatic rings. The van der Waals surface area contributed by atoms with Crippen LogP contribution in [-0.2, 0) is 17.0 Å². The van der Waals surface area contributed by atoms with Gasteiger partial charge in [0.15, 0.2) is 0 Å².